The Morgan fingerprint density at radius 1 is 0.962 bits per heavy atom. The Balaban J connectivity index is 1.94. The monoisotopic (exact) mass is 348 g/mol. The molecular weight excluding hydrogens is 332 g/mol. The smallest absolute Gasteiger partial charge is 0.293 e. The third-order valence-electron chi connectivity index (χ3n) is 3.88. The van der Waals surface area contributed by atoms with Crippen LogP contribution >= 0.6 is 0 Å². The van der Waals surface area contributed by atoms with Gasteiger partial charge in [-0.3, -0.25) is 14.9 Å². The molecular formula is C20H16N2O4. The van der Waals surface area contributed by atoms with E-state index in [1.807, 2.05) is 0 Å². The lowest BCUT2D eigenvalue weighted by Crippen LogP contribution is -2.04. The summed E-state index contributed by atoms with van der Waals surface area (Å²) < 4.78 is 0. The first-order valence-corrected chi connectivity index (χ1v) is 7.93. The Morgan fingerprint density at radius 2 is 1.73 bits per heavy atom. The number of hydrogen-bond donors (Lipinski definition) is 2. The molecule has 2 N–H and O–H groups in total. The maximum absolute atomic E-state index is 12.5. The van der Waals surface area contributed by atoms with E-state index in [2.05, 4.69) is 5.32 Å². The molecule has 0 fully saturated rings. The molecule has 0 radical (unpaired) electrons. The maximum atomic E-state index is 12.5. The second-order valence-corrected chi connectivity index (χ2v) is 5.67. The molecule has 3 rings (SSSR count). The molecule has 0 heterocycles. The van der Waals surface area contributed by atoms with Crippen LogP contribution in [-0.4, -0.2) is 15.8 Å². The summed E-state index contributed by atoms with van der Waals surface area (Å²) in [5, 5.41) is 23.6. The SMILES string of the molecule is O=C(c1ccccc1)c1ccc(Nc2cccc(CO)c2)c([N+](=O)[O-])c1. The summed E-state index contributed by atoms with van der Waals surface area (Å²) >= 11 is 0. The molecule has 6 nitrogen and oxygen atoms in total. The van der Waals surface area contributed by atoms with Crippen molar-refractivity contribution < 1.29 is 14.8 Å². The van der Waals surface area contributed by atoms with Crippen LogP contribution in [0.1, 0.15) is 21.5 Å². The van der Waals surface area contributed by atoms with E-state index in [1.54, 1.807) is 60.7 Å². The number of carbonyl (C=O) groups is 1. The van der Waals surface area contributed by atoms with E-state index >= 15 is 0 Å². The summed E-state index contributed by atoms with van der Waals surface area (Å²) in [5.41, 5.74) is 2.10. The van der Waals surface area contributed by atoms with Crippen LogP contribution < -0.4 is 5.32 Å². The first-order chi connectivity index (χ1) is 12.6. The second kappa shape index (κ2) is 7.58. The molecule has 0 aliphatic carbocycles. The highest BCUT2D eigenvalue weighted by atomic mass is 16.6. The number of nitrogens with zero attached hydrogens (tertiary/aromatic N) is 1. The van der Waals surface area contributed by atoms with Gasteiger partial charge >= 0.3 is 0 Å². The standard InChI is InChI=1S/C20H16N2O4/c23-13-14-5-4-8-17(11-14)21-18-10-9-16(12-19(18)22(25)26)20(24)15-6-2-1-3-7-15/h1-12,21,23H,13H2. The third kappa shape index (κ3) is 3.76. The van der Waals surface area contributed by atoms with Crippen molar-refractivity contribution in [2.45, 2.75) is 6.61 Å². The Hall–Kier alpha value is -3.51. The average Bonchev–Trinajstić information content (AvgIpc) is 2.68. The number of ketones is 1. The van der Waals surface area contributed by atoms with Gasteiger partial charge in [-0.1, -0.05) is 42.5 Å². The van der Waals surface area contributed by atoms with Gasteiger partial charge in [0.05, 0.1) is 11.5 Å². The van der Waals surface area contributed by atoms with Crippen LogP contribution in [-0.2, 0) is 6.61 Å². The topological polar surface area (TPSA) is 92.5 Å². The van der Waals surface area contributed by atoms with E-state index in [0.717, 1.165) is 0 Å². The molecule has 0 aromatic heterocycles. The fourth-order valence-electron chi connectivity index (χ4n) is 2.59. The number of nitrogens with one attached hydrogen (secondary N) is 1. The number of nitro benzene ring substituents is 1. The van der Waals surface area contributed by atoms with Crippen LogP contribution in [0, 0.1) is 10.1 Å². The molecule has 0 saturated heterocycles. The van der Waals surface area contributed by atoms with E-state index in [0.29, 0.717) is 16.8 Å². The number of carbonyl (C=O) groups excluding carboxylic acids is 1. The van der Waals surface area contributed by atoms with Gasteiger partial charge in [0.15, 0.2) is 5.78 Å². The molecule has 3 aromatic rings. The highest BCUT2D eigenvalue weighted by molar-refractivity contribution is 6.09. The predicted molar refractivity (Wildman–Crippen MR) is 98.6 cm³/mol. The van der Waals surface area contributed by atoms with Crippen LogP contribution in [0.4, 0.5) is 17.1 Å². The van der Waals surface area contributed by atoms with Gasteiger partial charge in [-0.05, 0) is 29.8 Å². The van der Waals surface area contributed by atoms with Crippen LogP contribution in [0.2, 0.25) is 0 Å². The molecule has 0 bridgehead atoms. The Bertz CT molecular complexity index is 955. The lowest BCUT2D eigenvalue weighted by molar-refractivity contribution is -0.383. The molecule has 0 unspecified atom stereocenters. The fraction of sp³-hybridized carbons (Fsp3) is 0.0500. The zero-order valence-corrected chi connectivity index (χ0v) is 13.8. The molecule has 130 valence electrons. The lowest BCUT2D eigenvalue weighted by Gasteiger charge is -2.09. The summed E-state index contributed by atoms with van der Waals surface area (Å²) in [5.74, 6) is -0.275. The normalized spacial score (nSPS) is 10.3. The van der Waals surface area contributed by atoms with Gasteiger partial charge in [-0.25, -0.2) is 0 Å². The van der Waals surface area contributed by atoms with Gasteiger partial charge in [0.1, 0.15) is 5.69 Å². The number of nitro groups is 1. The minimum Gasteiger partial charge on any atom is -0.392 e. The molecule has 0 atom stereocenters. The predicted octanol–water partition coefficient (Wildman–Crippen LogP) is 4.06. The van der Waals surface area contributed by atoms with Crippen molar-refractivity contribution in [2.75, 3.05) is 5.32 Å². The highest BCUT2D eigenvalue weighted by Gasteiger charge is 2.18. The van der Waals surface area contributed by atoms with Crippen LogP contribution in [0.25, 0.3) is 0 Å². The number of aliphatic hydroxyl groups excluding tert-OH is 1. The summed E-state index contributed by atoms with van der Waals surface area (Å²) in [7, 11) is 0. The summed E-state index contributed by atoms with van der Waals surface area (Å²) in [6.07, 6.45) is 0. The zero-order chi connectivity index (χ0) is 18.5. The number of rotatable bonds is 6. The number of benzene rings is 3. The highest BCUT2D eigenvalue weighted by Crippen LogP contribution is 2.29. The molecule has 26 heavy (non-hydrogen) atoms. The summed E-state index contributed by atoms with van der Waals surface area (Å²) in [6, 6.07) is 19.9. The van der Waals surface area contributed by atoms with E-state index in [-0.39, 0.29) is 29.3 Å². The summed E-state index contributed by atoms with van der Waals surface area (Å²) in [6.45, 7) is -0.123. The van der Waals surface area contributed by atoms with Crippen molar-refractivity contribution in [3.63, 3.8) is 0 Å². The largest absolute Gasteiger partial charge is 0.392 e. The van der Waals surface area contributed by atoms with E-state index in [1.165, 1.54) is 12.1 Å². The van der Waals surface area contributed by atoms with Crippen molar-refractivity contribution in [3.8, 4) is 0 Å². The van der Waals surface area contributed by atoms with Gasteiger partial charge in [0.25, 0.3) is 5.69 Å². The molecule has 6 heteroatoms. The van der Waals surface area contributed by atoms with Gasteiger partial charge in [0.2, 0.25) is 0 Å². The van der Waals surface area contributed by atoms with Crippen molar-refractivity contribution in [3.05, 3.63) is 99.6 Å². The minimum absolute atomic E-state index is 0.123. The second-order valence-electron chi connectivity index (χ2n) is 5.67. The number of anilines is 2. The molecule has 3 aromatic carbocycles. The molecule has 0 amide bonds. The van der Waals surface area contributed by atoms with Gasteiger partial charge in [0, 0.05) is 22.9 Å². The molecule has 0 spiro atoms. The first kappa shape index (κ1) is 17.3. The molecule has 0 saturated carbocycles. The van der Waals surface area contributed by atoms with Crippen molar-refractivity contribution in [2.24, 2.45) is 0 Å². The summed E-state index contributed by atoms with van der Waals surface area (Å²) in [4.78, 5) is 23.4. The fourth-order valence-corrected chi connectivity index (χ4v) is 2.59. The Morgan fingerprint density at radius 3 is 2.42 bits per heavy atom. The van der Waals surface area contributed by atoms with E-state index in [9.17, 15) is 20.0 Å². The van der Waals surface area contributed by atoms with E-state index < -0.39 is 4.92 Å². The van der Waals surface area contributed by atoms with Crippen LogP contribution in [0.5, 0.6) is 0 Å². The Kier molecular flexibility index (Phi) is 5.05. The third-order valence-corrected chi connectivity index (χ3v) is 3.88. The van der Waals surface area contributed by atoms with E-state index in [4.69, 9.17) is 0 Å². The molecule has 0 aliphatic heterocycles. The minimum atomic E-state index is -0.528. The zero-order valence-electron chi connectivity index (χ0n) is 13.8. The van der Waals surface area contributed by atoms with Gasteiger partial charge in [-0.2, -0.15) is 0 Å². The average molecular weight is 348 g/mol. The van der Waals surface area contributed by atoms with Crippen molar-refractivity contribution in [1.29, 1.82) is 0 Å². The van der Waals surface area contributed by atoms with Gasteiger partial charge < -0.3 is 10.4 Å². The van der Waals surface area contributed by atoms with Crippen LogP contribution in [0.15, 0.2) is 72.8 Å². The van der Waals surface area contributed by atoms with Crippen molar-refractivity contribution >= 4 is 22.8 Å². The number of aliphatic hydroxyl groups is 1. The van der Waals surface area contributed by atoms with Gasteiger partial charge in [-0.15, -0.1) is 0 Å². The lowest BCUT2D eigenvalue weighted by atomic mass is 10.0. The quantitative estimate of drug-likeness (QED) is 0.398. The number of hydrogen-bond acceptors (Lipinski definition) is 5. The first-order valence-electron chi connectivity index (χ1n) is 7.93. The van der Waals surface area contributed by atoms with Crippen LogP contribution in [0.3, 0.4) is 0 Å². The van der Waals surface area contributed by atoms with Crippen molar-refractivity contribution in [1.82, 2.24) is 0 Å². The maximum Gasteiger partial charge on any atom is 0.293 e. The Labute approximate surface area is 149 Å². The molecule has 0 aliphatic rings.